The van der Waals surface area contributed by atoms with Gasteiger partial charge in [-0.2, -0.15) is 0 Å². The van der Waals surface area contributed by atoms with E-state index in [1.165, 1.54) is 36.5 Å². The summed E-state index contributed by atoms with van der Waals surface area (Å²) in [6.07, 6.45) is 1.29. The van der Waals surface area contributed by atoms with Crippen molar-refractivity contribution in [1.29, 1.82) is 0 Å². The van der Waals surface area contributed by atoms with E-state index in [4.69, 9.17) is 9.47 Å². The van der Waals surface area contributed by atoms with E-state index in [1.807, 2.05) is 0 Å². The molecule has 0 atom stereocenters. The van der Waals surface area contributed by atoms with Crippen LogP contribution in [0.3, 0.4) is 0 Å². The molecule has 0 aliphatic carbocycles. The quantitative estimate of drug-likeness (QED) is 0.437. The number of nitro groups is 2. The second-order valence-electron chi connectivity index (χ2n) is 4.00. The van der Waals surface area contributed by atoms with Gasteiger partial charge in [-0.05, 0) is 28.1 Å². The second-order valence-corrected chi connectivity index (χ2v) is 4.00. The normalized spacial score (nSPS) is 10.0. The fourth-order valence-electron chi connectivity index (χ4n) is 1.67. The van der Waals surface area contributed by atoms with Crippen LogP contribution < -0.4 is 9.47 Å². The van der Waals surface area contributed by atoms with E-state index in [0.717, 1.165) is 0 Å². The molecule has 0 saturated heterocycles. The highest BCUT2D eigenvalue weighted by molar-refractivity contribution is 5.45. The Morgan fingerprint density at radius 2 is 1.55 bits per heavy atom. The fraction of sp³-hybridized carbons (Fsp3) is 0.154. The van der Waals surface area contributed by atoms with Gasteiger partial charge in [-0.15, -0.1) is 0 Å². The van der Waals surface area contributed by atoms with Gasteiger partial charge in [0.15, 0.2) is 5.75 Å². The molecule has 2 rings (SSSR count). The smallest absolute Gasteiger partial charge is 0.406 e. The van der Waals surface area contributed by atoms with Gasteiger partial charge >= 0.3 is 11.5 Å². The molecule has 2 aromatic rings. The average molecular weight is 305 g/mol. The summed E-state index contributed by atoms with van der Waals surface area (Å²) < 4.78 is 10.5. The van der Waals surface area contributed by atoms with Crippen LogP contribution >= 0.6 is 0 Å². The second kappa shape index (κ2) is 6.97. The van der Waals surface area contributed by atoms with Gasteiger partial charge in [-0.25, -0.2) is 0 Å². The number of ether oxygens (including phenoxy) is 2. The van der Waals surface area contributed by atoms with Gasteiger partial charge in [0, 0.05) is 6.07 Å². The van der Waals surface area contributed by atoms with Gasteiger partial charge in [0.1, 0.15) is 19.4 Å². The standard InChI is InChI=1S/C13H11N3O6/c17-15(18)10-4-1-2-5-11(10)21-8-9-22-12-6-3-7-14-13(12)16(19)20/h1-7H,8-9H2. The maximum atomic E-state index is 10.8. The third-order valence-electron chi connectivity index (χ3n) is 2.58. The summed E-state index contributed by atoms with van der Waals surface area (Å²) in [5, 5.41) is 21.6. The van der Waals surface area contributed by atoms with Crippen molar-refractivity contribution in [2.24, 2.45) is 0 Å². The third kappa shape index (κ3) is 3.66. The molecule has 0 spiro atoms. The van der Waals surface area contributed by atoms with Crippen LogP contribution in [0.1, 0.15) is 0 Å². The Hall–Kier alpha value is -3.23. The lowest BCUT2D eigenvalue weighted by Gasteiger charge is -2.08. The first kappa shape index (κ1) is 15.2. The number of para-hydroxylation sites is 2. The van der Waals surface area contributed by atoms with Crippen LogP contribution in [0.25, 0.3) is 0 Å². The lowest BCUT2D eigenvalue weighted by Crippen LogP contribution is -2.11. The minimum Gasteiger partial charge on any atom is -0.483 e. The molecule has 9 heteroatoms. The number of nitrogens with zero attached hydrogens (tertiary/aromatic N) is 3. The molecule has 0 radical (unpaired) electrons. The lowest BCUT2D eigenvalue weighted by molar-refractivity contribution is -0.390. The van der Waals surface area contributed by atoms with Crippen LogP contribution in [0, 0.1) is 20.2 Å². The molecule has 1 aromatic carbocycles. The first-order chi connectivity index (χ1) is 10.6. The van der Waals surface area contributed by atoms with E-state index >= 15 is 0 Å². The summed E-state index contributed by atoms with van der Waals surface area (Å²) in [6.45, 7) is -0.0184. The van der Waals surface area contributed by atoms with Crippen molar-refractivity contribution >= 4 is 11.5 Å². The molecule has 0 unspecified atom stereocenters. The molecular formula is C13H11N3O6. The Morgan fingerprint density at radius 3 is 2.23 bits per heavy atom. The van der Waals surface area contributed by atoms with Gasteiger partial charge < -0.3 is 19.6 Å². The molecule has 0 fully saturated rings. The summed E-state index contributed by atoms with van der Waals surface area (Å²) in [5.41, 5.74) is -0.158. The Morgan fingerprint density at radius 1 is 0.909 bits per heavy atom. The Labute approximate surface area is 124 Å². The minimum absolute atomic E-state index is 0.00307. The highest BCUT2D eigenvalue weighted by Gasteiger charge is 2.16. The summed E-state index contributed by atoms with van der Waals surface area (Å²) in [6, 6.07) is 8.84. The van der Waals surface area contributed by atoms with Crippen molar-refractivity contribution in [3.63, 3.8) is 0 Å². The van der Waals surface area contributed by atoms with Crippen molar-refractivity contribution in [3.8, 4) is 11.5 Å². The monoisotopic (exact) mass is 305 g/mol. The summed E-state index contributed by atoms with van der Waals surface area (Å²) in [5.74, 6) is -0.274. The van der Waals surface area contributed by atoms with Crippen LogP contribution in [-0.4, -0.2) is 28.0 Å². The van der Waals surface area contributed by atoms with Crippen molar-refractivity contribution in [2.45, 2.75) is 0 Å². The molecule has 0 aliphatic rings. The molecule has 1 heterocycles. The summed E-state index contributed by atoms with van der Waals surface area (Å²) in [7, 11) is 0. The molecule has 22 heavy (non-hydrogen) atoms. The van der Waals surface area contributed by atoms with Crippen LogP contribution in [0.2, 0.25) is 0 Å². The number of rotatable bonds is 7. The predicted molar refractivity (Wildman–Crippen MR) is 75.0 cm³/mol. The Kier molecular flexibility index (Phi) is 4.81. The number of hydrogen-bond donors (Lipinski definition) is 0. The molecule has 0 N–H and O–H groups in total. The predicted octanol–water partition coefficient (Wildman–Crippen LogP) is 2.36. The van der Waals surface area contributed by atoms with Crippen molar-refractivity contribution < 1.29 is 19.3 Å². The van der Waals surface area contributed by atoms with Crippen LogP contribution in [0.4, 0.5) is 11.5 Å². The zero-order chi connectivity index (χ0) is 15.9. The number of benzene rings is 1. The van der Waals surface area contributed by atoms with Gasteiger partial charge in [0.25, 0.3) is 0 Å². The summed E-state index contributed by atoms with van der Waals surface area (Å²) >= 11 is 0. The van der Waals surface area contributed by atoms with Gasteiger partial charge in [0.05, 0.1) is 4.92 Å². The number of nitro benzene ring substituents is 1. The zero-order valence-electron chi connectivity index (χ0n) is 11.2. The van der Waals surface area contributed by atoms with Gasteiger partial charge in [-0.1, -0.05) is 12.1 Å². The van der Waals surface area contributed by atoms with E-state index in [2.05, 4.69) is 4.98 Å². The first-order valence-corrected chi connectivity index (χ1v) is 6.18. The van der Waals surface area contributed by atoms with Crippen molar-refractivity contribution in [1.82, 2.24) is 4.98 Å². The van der Waals surface area contributed by atoms with E-state index in [-0.39, 0.29) is 30.4 Å². The minimum atomic E-state index is -0.655. The van der Waals surface area contributed by atoms with E-state index in [0.29, 0.717) is 0 Å². The van der Waals surface area contributed by atoms with Crippen LogP contribution in [0.5, 0.6) is 11.5 Å². The summed E-state index contributed by atoms with van der Waals surface area (Å²) in [4.78, 5) is 23.9. The number of hydrogen-bond acceptors (Lipinski definition) is 7. The van der Waals surface area contributed by atoms with Crippen molar-refractivity contribution in [2.75, 3.05) is 13.2 Å². The molecular weight excluding hydrogens is 294 g/mol. The van der Waals surface area contributed by atoms with Gasteiger partial charge in [0.2, 0.25) is 5.75 Å². The number of aromatic nitrogens is 1. The fourth-order valence-corrected chi connectivity index (χ4v) is 1.67. The first-order valence-electron chi connectivity index (χ1n) is 6.18. The largest absolute Gasteiger partial charge is 0.483 e. The Balaban J connectivity index is 1.93. The topological polar surface area (TPSA) is 118 Å². The SMILES string of the molecule is O=[N+]([O-])c1ccccc1OCCOc1cccnc1[N+](=O)[O-]. The molecule has 114 valence electrons. The van der Waals surface area contributed by atoms with E-state index in [1.54, 1.807) is 6.07 Å². The third-order valence-corrected chi connectivity index (χ3v) is 2.58. The highest BCUT2D eigenvalue weighted by Crippen LogP contribution is 2.26. The highest BCUT2D eigenvalue weighted by atomic mass is 16.6. The molecule has 0 bridgehead atoms. The zero-order valence-corrected chi connectivity index (χ0v) is 11.2. The molecule has 0 aliphatic heterocycles. The Bertz CT molecular complexity index is 631. The molecule has 0 amide bonds. The molecule has 1 aromatic heterocycles. The average Bonchev–Trinajstić information content (AvgIpc) is 2.52. The van der Waals surface area contributed by atoms with E-state index in [9.17, 15) is 20.2 Å². The maximum absolute atomic E-state index is 10.8. The number of pyridine rings is 1. The van der Waals surface area contributed by atoms with Crippen molar-refractivity contribution in [3.05, 3.63) is 62.8 Å². The lowest BCUT2D eigenvalue weighted by atomic mass is 10.3. The van der Waals surface area contributed by atoms with Crippen LogP contribution in [-0.2, 0) is 0 Å². The molecule has 9 nitrogen and oxygen atoms in total. The maximum Gasteiger partial charge on any atom is 0.406 e. The van der Waals surface area contributed by atoms with Crippen LogP contribution in [0.15, 0.2) is 42.6 Å². The van der Waals surface area contributed by atoms with Gasteiger partial charge in [-0.3, -0.25) is 10.1 Å². The van der Waals surface area contributed by atoms with E-state index < -0.39 is 15.7 Å². The molecule has 0 saturated carbocycles.